The van der Waals surface area contributed by atoms with Gasteiger partial charge in [0.15, 0.2) is 0 Å². The number of sulfonamides is 1. The first-order valence-electron chi connectivity index (χ1n) is 6.38. The van der Waals surface area contributed by atoms with Crippen molar-refractivity contribution in [1.82, 2.24) is 4.31 Å². The van der Waals surface area contributed by atoms with Gasteiger partial charge in [0, 0.05) is 13.1 Å². The van der Waals surface area contributed by atoms with E-state index in [2.05, 4.69) is 0 Å². The van der Waals surface area contributed by atoms with Crippen LogP contribution in [-0.4, -0.2) is 44.0 Å². The van der Waals surface area contributed by atoms with Gasteiger partial charge in [-0.15, -0.1) is 0 Å². The average molecular weight is 299 g/mol. The summed E-state index contributed by atoms with van der Waals surface area (Å²) >= 11 is 0. The minimum absolute atomic E-state index is 0.0682. The molecule has 0 amide bonds. The highest BCUT2D eigenvalue weighted by Crippen LogP contribution is 2.29. The van der Waals surface area contributed by atoms with Gasteiger partial charge in [0.1, 0.15) is 10.6 Å². The molecule has 0 spiro atoms. The molecule has 1 aliphatic heterocycles. The van der Waals surface area contributed by atoms with E-state index in [0.717, 1.165) is 25.3 Å². The van der Waals surface area contributed by atoms with Crippen LogP contribution in [0, 0.1) is 0 Å². The molecule has 0 radical (unpaired) electrons. The molecule has 1 N–H and O–H groups in total. The Labute approximate surface area is 118 Å². The number of hydrogen-bond donors (Lipinski definition) is 1. The molecule has 0 saturated carbocycles. The number of nitrogens with zero attached hydrogens (tertiary/aromatic N) is 1. The van der Waals surface area contributed by atoms with Crippen molar-refractivity contribution < 1.29 is 23.1 Å². The molecule has 1 aromatic rings. The Hall–Kier alpha value is -1.60. The third-order valence-corrected chi connectivity index (χ3v) is 5.26. The maximum absolute atomic E-state index is 12.6. The van der Waals surface area contributed by atoms with Crippen LogP contribution < -0.4 is 4.74 Å². The normalized spacial score (nSPS) is 16.9. The second-order valence-electron chi connectivity index (χ2n) is 4.64. The van der Waals surface area contributed by atoms with Crippen molar-refractivity contribution in [3.8, 4) is 5.75 Å². The Bertz CT molecular complexity index is 605. The van der Waals surface area contributed by atoms with Crippen molar-refractivity contribution >= 4 is 16.0 Å². The lowest BCUT2D eigenvalue weighted by atomic mass is 10.2. The van der Waals surface area contributed by atoms with E-state index in [1.807, 2.05) is 0 Å². The predicted molar refractivity (Wildman–Crippen MR) is 72.6 cm³/mol. The first kappa shape index (κ1) is 14.8. The fourth-order valence-corrected chi connectivity index (χ4v) is 3.95. The average Bonchev–Trinajstić information content (AvgIpc) is 2.47. The van der Waals surface area contributed by atoms with Crippen molar-refractivity contribution in [2.75, 3.05) is 20.2 Å². The van der Waals surface area contributed by atoms with Gasteiger partial charge in [-0.2, -0.15) is 4.31 Å². The van der Waals surface area contributed by atoms with Gasteiger partial charge in [-0.25, -0.2) is 13.2 Å². The van der Waals surface area contributed by atoms with Crippen LogP contribution in [0.5, 0.6) is 5.75 Å². The molecule has 1 saturated heterocycles. The molecular formula is C13H17NO5S. The topological polar surface area (TPSA) is 83.9 Å². The summed E-state index contributed by atoms with van der Waals surface area (Å²) in [5, 5.41) is 9.00. The van der Waals surface area contributed by atoms with Crippen LogP contribution in [0.3, 0.4) is 0 Å². The zero-order valence-electron chi connectivity index (χ0n) is 11.2. The van der Waals surface area contributed by atoms with Gasteiger partial charge in [-0.1, -0.05) is 6.42 Å². The Morgan fingerprint density at radius 1 is 1.25 bits per heavy atom. The number of carbonyl (C=O) groups is 1. The minimum atomic E-state index is -3.72. The fourth-order valence-electron chi connectivity index (χ4n) is 2.26. The Kier molecular flexibility index (Phi) is 4.29. The van der Waals surface area contributed by atoms with Gasteiger partial charge in [0.05, 0.1) is 12.7 Å². The minimum Gasteiger partial charge on any atom is -0.495 e. The number of benzene rings is 1. The maximum atomic E-state index is 12.6. The molecule has 20 heavy (non-hydrogen) atoms. The monoisotopic (exact) mass is 299 g/mol. The van der Waals surface area contributed by atoms with Crippen LogP contribution >= 0.6 is 0 Å². The number of methoxy groups -OCH3 is 1. The number of carboxylic acid groups (broad SMARTS) is 1. The van der Waals surface area contributed by atoms with Crippen LogP contribution in [0.25, 0.3) is 0 Å². The summed E-state index contributed by atoms with van der Waals surface area (Å²) in [5.74, 6) is -0.997. The summed E-state index contributed by atoms with van der Waals surface area (Å²) in [4.78, 5) is 10.9. The van der Waals surface area contributed by atoms with E-state index >= 15 is 0 Å². The molecule has 1 aliphatic rings. The molecule has 7 heteroatoms. The summed E-state index contributed by atoms with van der Waals surface area (Å²) in [6.45, 7) is 0.922. The van der Waals surface area contributed by atoms with E-state index in [4.69, 9.17) is 9.84 Å². The van der Waals surface area contributed by atoms with Gasteiger partial charge in [-0.3, -0.25) is 0 Å². The lowest BCUT2D eigenvalue weighted by molar-refractivity contribution is 0.0696. The predicted octanol–water partition coefficient (Wildman–Crippen LogP) is 1.57. The highest BCUT2D eigenvalue weighted by atomic mass is 32.2. The highest BCUT2D eigenvalue weighted by molar-refractivity contribution is 7.89. The quantitative estimate of drug-likeness (QED) is 0.912. The summed E-state index contributed by atoms with van der Waals surface area (Å²) < 4.78 is 31.6. The number of carboxylic acids is 1. The first-order valence-corrected chi connectivity index (χ1v) is 7.82. The smallest absolute Gasteiger partial charge is 0.335 e. The van der Waals surface area contributed by atoms with Crippen molar-refractivity contribution in [2.45, 2.75) is 24.2 Å². The third kappa shape index (κ3) is 2.78. The molecule has 1 aromatic carbocycles. The van der Waals surface area contributed by atoms with E-state index in [0.29, 0.717) is 13.1 Å². The van der Waals surface area contributed by atoms with E-state index in [-0.39, 0.29) is 16.2 Å². The standard InChI is InChI=1S/C13H17NO5S/c1-19-11-6-5-10(13(15)16)9-12(11)20(17,18)14-7-3-2-4-8-14/h5-6,9H,2-4,7-8H2,1H3,(H,15,16). The largest absolute Gasteiger partial charge is 0.495 e. The zero-order valence-corrected chi connectivity index (χ0v) is 12.0. The lowest BCUT2D eigenvalue weighted by Gasteiger charge is -2.26. The van der Waals surface area contributed by atoms with Crippen LogP contribution in [-0.2, 0) is 10.0 Å². The summed E-state index contributed by atoms with van der Waals surface area (Å²) in [7, 11) is -2.35. The van der Waals surface area contributed by atoms with Crippen molar-refractivity contribution in [2.24, 2.45) is 0 Å². The second-order valence-corrected chi connectivity index (χ2v) is 6.54. The highest BCUT2D eigenvalue weighted by Gasteiger charge is 2.29. The number of hydrogen-bond acceptors (Lipinski definition) is 4. The second kappa shape index (κ2) is 5.80. The number of piperidine rings is 1. The van der Waals surface area contributed by atoms with E-state index in [1.54, 1.807) is 0 Å². The lowest BCUT2D eigenvalue weighted by Crippen LogP contribution is -2.35. The zero-order chi connectivity index (χ0) is 14.8. The third-order valence-electron chi connectivity index (χ3n) is 3.34. The molecule has 0 bridgehead atoms. The molecule has 6 nitrogen and oxygen atoms in total. The van der Waals surface area contributed by atoms with E-state index < -0.39 is 16.0 Å². The first-order chi connectivity index (χ1) is 9.46. The Morgan fingerprint density at radius 2 is 1.90 bits per heavy atom. The van der Waals surface area contributed by atoms with Crippen molar-refractivity contribution in [1.29, 1.82) is 0 Å². The van der Waals surface area contributed by atoms with E-state index in [1.165, 1.54) is 23.5 Å². The molecular weight excluding hydrogens is 282 g/mol. The summed E-state index contributed by atoms with van der Waals surface area (Å²) in [6.07, 6.45) is 2.65. The van der Waals surface area contributed by atoms with Crippen molar-refractivity contribution in [3.05, 3.63) is 23.8 Å². The van der Waals surface area contributed by atoms with Crippen molar-refractivity contribution in [3.63, 3.8) is 0 Å². The van der Waals surface area contributed by atoms with Gasteiger partial charge >= 0.3 is 5.97 Å². The van der Waals surface area contributed by atoms with E-state index in [9.17, 15) is 13.2 Å². The van der Waals surface area contributed by atoms with Crippen LogP contribution in [0.1, 0.15) is 29.6 Å². The molecule has 0 unspecified atom stereocenters. The Balaban J connectivity index is 2.48. The number of ether oxygens (including phenoxy) is 1. The number of rotatable bonds is 4. The van der Waals surface area contributed by atoms with Crippen LogP contribution in [0.4, 0.5) is 0 Å². The van der Waals surface area contributed by atoms with Gasteiger partial charge in [0.25, 0.3) is 0 Å². The molecule has 0 aliphatic carbocycles. The Morgan fingerprint density at radius 3 is 2.45 bits per heavy atom. The van der Waals surface area contributed by atoms with Crippen LogP contribution in [0.2, 0.25) is 0 Å². The van der Waals surface area contributed by atoms with Gasteiger partial charge in [-0.05, 0) is 31.0 Å². The van der Waals surface area contributed by atoms with Crippen LogP contribution in [0.15, 0.2) is 23.1 Å². The summed E-state index contributed by atoms with van der Waals surface area (Å²) in [5.41, 5.74) is -0.0682. The summed E-state index contributed by atoms with van der Waals surface area (Å²) in [6, 6.07) is 3.86. The molecule has 0 atom stereocenters. The SMILES string of the molecule is COc1ccc(C(=O)O)cc1S(=O)(=O)N1CCCCC1. The maximum Gasteiger partial charge on any atom is 0.335 e. The van der Waals surface area contributed by atoms with Gasteiger partial charge in [0.2, 0.25) is 10.0 Å². The molecule has 1 heterocycles. The molecule has 1 fully saturated rings. The molecule has 110 valence electrons. The fraction of sp³-hybridized carbons (Fsp3) is 0.462. The number of aromatic carboxylic acids is 1. The van der Waals surface area contributed by atoms with Gasteiger partial charge < -0.3 is 9.84 Å². The molecule has 0 aromatic heterocycles. The molecule has 2 rings (SSSR count).